The van der Waals surface area contributed by atoms with E-state index in [4.69, 9.17) is 0 Å². The lowest BCUT2D eigenvalue weighted by molar-refractivity contribution is -0.122. The molecule has 0 aliphatic rings. The van der Waals surface area contributed by atoms with Gasteiger partial charge in [-0.25, -0.2) is 4.98 Å². The van der Waals surface area contributed by atoms with Gasteiger partial charge in [0.15, 0.2) is 0 Å². The number of likely N-dealkylation sites (N-methyl/N-ethyl adjacent to an activating group) is 2. The number of hydrogen-bond acceptors (Lipinski definition) is 3. The average molecular weight is 232 g/mol. The van der Waals surface area contributed by atoms with Crippen LogP contribution in [0, 0.1) is 0 Å². The lowest BCUT2D eigenvalue weighted by Crippen LogP contribution is -2.42. The van der Waals surface area contributed by atoms with E-state index in [9.17, 15) is 4.79 Å². The number of nitrogens with one attached hydrogen (secondary N) is 3. The second-order valence-corrected chi connectivity index (χ2v) is 3.86. The first kappa shape index (κ1) is 11.6. The maximum atomic E-state index is 11.5. The fraction of sp³-hybridized carbons (Fsp3) is 0.333. The van der Waals surface area contributed by atoms with Crippen LogP contribution >= 0.6 is 0 Å². The van der Waals surface area contributed by atoms with Crippen LogP contribution in [0.2, 0.25) is 0 Å². The van der Waals surface area contributed by atoms with E-state index < -0.39 is 0 Å². The molecule has 0 radical (unpaired) electrons. The molecule has 1 aromatic heterocycles. The monoisotopic (exact) mass is 232 g/mol. The number of H-pyrrole nitrogens is 1. The molecule has 1 heterocycles. The number of para-hydroxylation sites is 2. The maximum Gasteiger partial charge on any atom is 0.237 e. The van der Waals surface area contributed by atoms with E-state index in [0.29, 0.717) is 6.42 Å². The Morgan fingerprint density at radius 2 is 2.18 bits per heavy atom. The van der Waals surface area contributed by atoms with E-state index in [1.807, 2.05) is 24.3 Å². The van der Waals surface area contributed by atoms with Crippen molar-refractivity contribution in [2.24, 2.45) is 0 Å². The SMILES string of the molecule is CNC(=O)C(Cc1nc2ccccc2[nH]1)NC. The molecule has 1 atom stereocenters. The number of rotatable bonds is 4. The Kier molecular flexibility index (Phi) is 3.39. The number of aromatic amines is 1. The zero-order valence-corrected chi connectivity index (χ0v) is 9.95. The standard InChI is InChI=1S/C12H16N4O/c1-13-10(12(17)14-2)7-11-15-8-5-3-4-6-9(8)16-11/h3-6,10,13H,7H2,1-2H3,(H,14,17)(H,15,16). The van der Waals surface area contributed by atoms with E-state index in [-0.39, 0.29) is 11.9 Å². The Morgan fingerprint density at radius 3 is 2.82 bits per heavy atom. The molecule has 0 saturated carbocycles. The quantitative estimate of drug-likeness (QED) is 0.716. The summed E-state index contributed by atoms with van der Waals surface area (Å²) in [6.45, 7) is 0. The van der Waals surface area contributed by atoms with Crippen molar-refractivity contribution < 1.29 is 4.79 Å². The molecule has 5 heteroatoms. The number of amides is 1. The molecule has 0 bridgehead atoms. The highest BCUT2D eigenvalue weighted by Gasteiger charge is 2.17. The van der Waals surface area contributed by atoms with E-state index in [1.165, 1.54) is 0 Å². The van der Waals surface area contributed by atoms with Crippen LogP contribution in [0.25, 0.3) is 11.0 Å². The molecule has 2 aromatic rings. The first-order valence-corrected chi connectivity index (χ1v) is 5.57. The van der Waals surface area contributed by atoms with Crippen molar-refractivity contribution in [3.05, 3.63) is 30.1 Å². The molecule has 0 saturated heterocycles. The highest BCUT2D eigenvalue weighted by Crippen LogP contribution is 2.11. The van der Waals surface area contributed by atoms with Crippen molar-refractivity contribution in [1.82, 2.24) is 20.6 Å². The van der Waals surface area contributed by atoms with Crippen LogP contribution in [0.5, 0.6) is 0 Å². The Hall–Kier alpha value is -1.88. The van der Waals surface area contributed by atoms with Crippen LogP contribution in [0.4, 0.5) is 0 Å². The van der Waals surface area contributed by atoms with Crippen molar-refractivity contribution in [2.75, 3.05) is 14.1 Å². The number of imidazole rings is 1. The summed E-state index contributed by atoms with van der Waals surface area (Å²) in [5.41, 5.74) is 1.92. The Balaban J connectivity index is 2.19. The molecule has 0 aliphatic carbocycles. The third kappa shape index (κ3) is 2.45. The Bertz CT molecular complexity index is 487. The summed E-state index contributed by atoms with van der Waals surface area (Å²) >= 11 is 0. The van der Waals surface area contributed by atoms with Crippen molar-refractivity contribution in [2.45, 2.75) is 12.5 Å². The van der Waals surface area contributed by atoms with Crippen molar-refractivity contribution in [3.8, 4) is 0 Å². The molecular weight excluding hydrogens is 216 g/mol. The summed E-state index contributed by atoms with van der Waals surface area (Å²) in [7, 11) is 3.40. The highest BCUT2D eigenvalue weighted by atomic mass is 16.2. The third-order valence-electron chi connectivity index (χ3n) is 2.75. The molecular formula is C12H16N4O. The summed E-state index contributed by atoms with van der Waals surface area (Å²) in [5, 5.41) is 5.60. The molecule has 0 aliphatic heterocycles. The van der Waals surface area contributed by atoms with Crippen molar-refractivity contribution in [3.63, 3.8) is 0 Å². The second kappa shape index (κ2) is 4.97. The minimum Gasteiger partial charge on any atom is -0.358 e. The number of carbonyl (C=O) groups is 1. The average Bonchev–Trinajstić information content (AvgIpc) is 2.77. The molecule has 0 spiro atoms. The number of aromatic nitrogens is 2. The molecule has 2 rings (SSSR count). The second-order valence-electron chi connectivity index (χ2n) is 3.86. The summed E-state index contributed by atoms with van der Waals surface area (Å²) < 4.78 is 0. The lowest BCUT2D eigenvalue weighted by atomic mass is 10.2. The number of fused-ring (bicyclic) bond motifs is 1. The van der Waals surface area contributed by atoms with E-state index in [1.54, 1.807) is 14.1 Å². The maximum absolute atomic E-state index is 11.5. The van der Waals surface area contributed by atoms with E-state index >= 15 is 0 Å². The van der Waals surface area contributed by atoms with Gasteiger partial charge in [0, 0.05) is 13.5 Å². The summed E-state index contributed by atoms with van der Waals surface area (Å²) in [6, 6.07) is 7.56. The lowest BCUT2D eigenvalue weighted by Gasteiger charge is -2.12. The van der Waals surface area contributed by atoms with Crippen LogP contribution in [0.15, 0.2) is 24.3 Å². The Labute approximate surface area is 99.6 Å². The van der Waals surface area contributed by atoms with Gasteiger partial charge in [-0.2, -0.15) is 0 Å². The van der Waals surface area contributed by atoms with E-state index in [2.05, 4.69) is 20.6 Å². The molecule has 5 nitrogen and oxygen atoms in total. The van der Waals surface area contributed by atoms with Crippen LogP contribution in [-0.4, -0.2) is 36.0 Å². The minimum atomic E-state index is -0.263. The van der Waals surface area contributed by atoms with Gasteiger partial charge in [-0.15, -0.1) is 0 Å². The minimum absolute atomic E-state index is 0.0343. The van der Waals surface area contributed by atoms with Gasteiger partial charge >= 0.3 is 0 Å². The predicted molar refractivity (Wildman–Crippen MR) is 66.7 cm³/mol. The largest absolute Gasteiger partial charge is 0.358 e. The summed E-state index contributed by atoms with van der Waals surface area (Å²) in [5.74, 6) is 0.780. The number of nitrogens with zero attached hydrogens (tertiary/aromatic N) is 1. The molecule has 1 amide bonds. The molecule has 1 unspecified atom stereocenters. The van der Waals surface area contributed by atoms with E-state index in [0.717, 1.165) is 16.9 Å². The van der Waals surface area contributed by atoms with Gasteiger partial charge in [-0.3, -0.25) is 4.79 Å². The molecule has 3 N–H and O–H groups in total. The number of carbonyl (C=O) groups excluding carboxylic acids is 1. The summed E-state index contributed by atoms with van der Waals surface area (Å²) in [4.78, 5) is 19.2. The normalized spacial score (nSPS) is 12.6. The number of benzene rings is 1. The van der Waals surface area contributed by atoms with Gasteiger partial charge in [0.2, 0.25) is 5.91 Å². The van der Waals surface area contributed by atoms with Crippen molar-refractivity contribution >= 4 is 16.9 Å². The van der Waals surface area contributed by atoms with Gasteiger partial charge in [-0.05, 0) is 19.2 Å². The van der Waals surface area contributed by atoms with Gasteiger partial charge in [0.1, 0.15) is 5.82 Å². The van der Waals surface area contributed by atoms with Gasteiger partial charge < -0.3 is 15.6 Å². The molecule has 0 fully saturated rings. The van der Waals surface area contributed by atoms with Crippen molar-refractivity contribution in [1.29, 1.82) is 0 Å². The number of hydrogen-bond donors (Lipinski definition) is 3. The first-order chi connectivity index (χ1) is 8.24. The first-order valence-electron chi connectivity index (χ1n) is 5.57. The molecule has 1 aromatic carbocycles. The van der Waals surface area contributed by atoms with Crippen LogP contribution < -0.4 is 10.6 Å². The molecule has 17 heavy (non-hydrogen) atoms. The zero-order valence-electron chi connectivity index (χ0n) is 9.95. The highest BCUT2D eigenvalue weighted by molar-refractivity contribution is 5.82. The third-order valence-corrected chi connectivity index (χ3v) is 2.75. The summed E-state index contributed by atoms with van der Waals surface area (Å²) in [6.07, 6.45) is 0.546. The smallest absolute Gasteiger partial charge is 0.237 e. The van der Waals surface area contributed by atoms with Crippen LogP contribution in [0.1, 0.15) is 5.82 Å². The van der Waals surface area contributed by atoms with Crippen LogP contribution in [-0.2, 0) is 11.2 Å². The predicted octanol–water partition coefficient (Wildman–Crippen LogP) is 0.439. The van der Waals surface area contributed by atoms with Crippen LogP contribution in [0.3, 0.4) is 0 Å². The Morgan fingerprint density at radius 1 is 1.41 bits per heavy atom. The molecule has 90 valence electrons. The van der Waals surface area contributed by atoms with Gasteiger partial charge in [0.25, 0.3) is 0 Å². The topological polar surface area (TPSA) is 69.8 Å². The van der Waals surface area contributed by atoms with Gasteiger partial charge in [-0.1, -0.05) is 12.1 Å². The van der Waals surface area contributed by atoms with Gasteiger partial charge in [0.05, 0.1) is 17.1 Å². The fourth-order valence-corrected chi connectivity index (χ4v) is 1.80. The fourth-order valence-electron chi connectivity index (χ4n) is 1.80. The zero-order chi connectivity index (χ0) is 12.3.